The number of carbonyl (C=O) groups is 3. The Morgan fingerprint density at radius 1 is 1.36 bits per heavy atom. The highest BCUT2D eigenvalue weighted by atomic mass is 16.6. The van der Waals surface area contributed by atoms with Gasteiger partial charge in [0.25, 0.3) is 0 Å². The molecule has 2 N–H and O–H groups in total. The van der Waals surface area contributed by atoms with Crippen LogP contribution < -0.4 is 5.32 Å². The highest BCUT2D eigenvalue weighted by molar-refractivity contribution is 5.79. The molecule has 0 unspecified atom stereocenters. The summed E-state index contributed by atoms with van der Waals surface area (Å²) in [6.07, 6.45) is -0.547. The van der Waals surface area contributed by atoms with Crippen molar-refractivity contribution < 1.29 is 24.2 Å². The van der Waals surface area contributed by atoms with E-state index in [2.05, 4.69) is 5.32 Å². The summed E-state index contributed by atoms with van der Waals surface area (Å²) in [4.78, 5) is 38.1. The number of nitrogens with zero attached hydrogens (tertiary/aromatic N) is 2. The number of likely N-dealkylation sites (tertiary alicyclic amines) is 1. The molecule has 8 heteroatoms. The Kier molecular flexibility index (Phi) is 4.32. The molecular weight excluding hydrogens is 290 g/mol. The SMILES string of the molecule is CC(C)(C)OC(=O)N1CC(CC(=O)O)(N2CCNC(=O)C2)C1. The number of aliphatic carboxylic acids is 1. The summed E-state index contributed by atoms with van der Waals surface area (Å²) in [5, 5.41) is 11.9. The Morgan fingerprint density at radius 2 is 2.00 bits per heavy atom. The molecule has 2 heterocycles. The van der Waals surface area contributed by atoms with E-state index < -0.39 is 23.2 Å². The van der Waals surface area contributed by atoms with Gasteiger partial charge in [0.1, 0.15) is 5.60 Å². The van der Waals surface area contributed by atoms with Gasteiger partial charge in [0.15, 0.2) is 0 Å². The van der Waals surface area contributed by atoms with Crippen LogP contribution in [0.5, 0.6) is 0 Å². The first-order chi connectivity index (χ1) is 10.1. The van der Waals surface area contributed by atoms with Gasteiger partial charge in [-0.3, -0.25) is 14.5 Å². The normalized spacial score (nSPS) is 21.8. The second-order valence-corrected chi connectivity index (χ2v) is 6.90. The van der Waals surface area contributed by atoms with Crippen LogP contribution in [0.1, 0.15) is 27.2 Å². The van der Waals surface area contributed by atoms with Gasteiger partial charge in [-0.1, -0.05) is 0 Å². The fourth-order valence-corrected chi connectivity index (χ4v) is 2.87. The van der Waals surface area contributed by atoms with Crippen LogP contribution in [-0.2, 0) is 14.3 Å². The number of hydrogen-bond donors (Lipinski definition) is 2. The zero-order valence-corrected chi connectivity index (χ0v) is 13.2. The van der Waals surface area contributed by atoms with Crippen LogP contribution in [0.2, 0.25) is 0 Å². The Bertz CT molecular complexity index is 479. The molecule has 2 amide bonds. The van der Waals surface area contributed by atoms with Crippen LogP contribution >= 0.6 is 0 Å². The second-order valence-electron chi connectivity index (χ2n) is 6.90. The van der Waals surface area contributed by atoms with Crippen LogP contribution in [0.25, 0.3) is 0 Å². The summed E-state index contributed by atoms with van der Waals surface area (Å²) in [5.41, 5.74) is -1.27. The average Bonchev–Trinajstić information content (AvgIpc) is 2.30. The Morgan fingerprint density at radius 3 is 2.50 bits per heavy atom. The van der Waals surface area contributed by atoms with E-state index in [1.807, 2.05) is 4.90 Å². The molecule has 2 aliphatic rings. The van der Waals surface area contributed by atoms with Crippen LogP contribution in [0.4, 0.5) is 4.79 Å². The predicted octanol–water partition coefficient (Wildman–Crippen LogP) is -0.118. The topological polar surface area (TPSA) is 99.2 Å². The second kappa shape index (κ2) is 5.75. The number of piperazine rings is 1. The monoisotopic (exact) mass is 313 g/mol. The molecule has 0 radical (unpaired) electrons. The molecule has 0 atom stereocenters. The zero-order chi connectivity index (χ0) is 16.5. The van der Waals surface area contributed by atoms with E-state index in [-0.39, 0.29) is 32.0 Å². The van der Waals surface area contributed by atoms with E-state index in [4.69, 9.17) is 9.84 Å². The van der Waals surface area contributed by atoms with Gasteiger partial charge >= 0.3 is 12.1 Å². The van der Waals surface area contributed by atoms with Crippen molar-refractivity contribution in [1.29, 1.82) is 0 Å². The summed E-state index contributed by atoms with van der Waals surface area (Å²) >= 11 is 0. The Hall–Kier alpha value is -1.83. The maximum atomic E-state index is 12.0. The molecule has 22 heavy (non-hydrogen) atoms. The third kappa shape index (κ3) is 3.68. The van der Waals surface area contributed by atoms with E-state index in [1.54, 1.807) is 20.8 Å². The van der Waals surface area contributed by atoms with Crippen molar-refractivity contribution in [3.8, 4) is 0 Å². The summed E-state index contributed by atoms with van der Waals surface area (Å²) in [5.74, 6) is -1.05. The molecule has 0 bridgehead atoms. The van der Waals surface area contributed by atoms with Crippen LogP contribution in [0, 0.1) is 0 Å². The van der Waals surface area contributed by atoms with E-state index >= 15 is 0 Å². The molecule has 2 saturated heterocycles. The van der Waals surface area contributed by atoms with Gasteiger partial charge in [0, 0.05) is 26.2 Å². The molecule has 0 aliphatic carbocycles. The third-order valence-electron chi connectivity index (χ3n) is 3.81. The fraction of sp³-hybridized carbons (Fsp3) is 0.786. The minimum atomic E-state index is -0.935. The summed E-state index contributed by atoms with van der Waals surface area (Å²) in [7, 11) is 0. The van der Waals surface area contributed by atoms with Gasteiger partial charge in [-0.25, -0.2) is 4.79 Å². The van der Waals surface area contributed by atoms with Crippen LogP contribution in [0.15, 0.2) is 0 Å². The van der Waals surface area contributed by atoms with Gasteiger partial charge in [-0.05, 0) is 20.8 Å². The fourth-order valence-electron chi connectivity index (χ4n) is 2.87. The molecule has 124 valence electrons. The van der Waals surface area contributed by atoms with E-state index in [0.717, 1.165) is 0 Å². The summed E-state index contributed by atoms with van der Waals surface area (Å²) in [6.45, 7) is 7.12. The van der Waals surface area contributed by atoms with Crippen molar-refractivity contribution in [2.24, 2.45) is 0 Å². The van der Waals surface area contributed by atoms with E-state index in [0.29, 0.717) is 13.1 Å². The molecule has 2 aliphatic heterocycles. The number of ether oxygens (including phenoxy) is 1. The van der Waals surface area contributed by atoms with Crippen molar-refractivity contribution in [1.82, 2.24) is 15.1 Å². The molecule has 0 spiro atoms. The Balaban J connectivity index is 2.03. The maximum absolute atomic E-state index is 12.0. The smallest absolute Gasteiger partial charge is 0.410 e. The number of carboxylic acid groups (broad SMARTS) is 1. The molecule has 0 saturated carbocycles. The van der Waals surface area contributed by atoms with Crippen molar-refractivity contribution in [2.75, 3.05) is 32.7 Å². The lowest BCUT2D eigenvalue weighted by molar-refractivity contribution is -0.149. The first-order valence-electron chi connectivity index (χ1n) is 7.33. The molecule has 2 rings (SSSR count). The van der Waals surface area contributed by atoms with Crippen molar-refractivity contribution in [3.63, 3.8) is 0 Å². The minimum absolute atomic E-state index is 0.0976. The van der Waals surface area contributed by atoms with Crippen molar-refractivity contribution >= 4 is 18.0 Å². The molecule has 0 aromatic heterocycles. The Labute approximate surface area is 129 Å². The number of hydrogen-bond acceptors (Lipinski definition) is 5. The first-order valence-corrected chi connectivity index (χ1v) is 7.33. The lowest BCUT2D eigenvalue weighted by Crippen LogP contribution is -2.74. The number of rotatable bonds is 3. The van der Waals surface area contributed by atoms with Crippen LogP contribution in [-0.4, -0.2) is 76.7 Å². The van der Waals surface area contributed by atoms with Gasteiger partial charge in [-0.15, -0.1) is 0 Å². The quantitative estimate of drug-likeness (QED) is 0.754. The summed E-state index contributed by atoms with van der Waals surface area (Å²) < 4.78 is 5.29. The highest BCUT2D eigenvalue weighted by Gasteiger charge is 2.52. The minimum Gasteiger partial charge on any atom is -0.481 e. The lowest BCUT2D eigenvalue weighted by Gasteiger charge is -2.55. The molecule has 8 nitrogen and oxygen atoms in total. The van der Waals surface area contributed by atoms with Crippen molar-refractivity contribution in [2.45, 2.75) is 38.3 Å². The predicted molar refractivity (Wildman–Crippen MR) is 77.4 cm³/mol. The van der Waals surface area contributed by atoms with Gasteiger partial charge in [-0.2, -0.15) is 0 Å². The molecular formula is C14H23N3O5. The zero-order valence-electron chi connectivity index (χ0n) is 13.2. The molecule has 0 aromatic carbocycles. The first kappa shape index (κ1) is 16.5. The summed E-state index contributed by atoms with van der Waals surface area (Å²) in [6, 6.07) is 0. The largest absolute Gasteiger partial charge is 0.481 e. The number of nitrogens with one attached hydrogen (secondary N) is 1. The van der Waals surface area contributed by atoms with Crippen molar-refractivity contribution in [3.05, 3.63) is 0 Å². The van der Waals surface area contributed by atoms with Gasteiger partial charge < -0.3 is 20.1 Å². The lowest BCUT2D eigenvalue weighted by atomic mass is 9.84. The van der Waals surface area contributed by atoms with E-state index in [9.17, 15) is 14.4 Å². The van der Waals surface area contributed by atoms with Crippen LogP contribution in [0.3, 0.4) is 0 Å². The average molecular weight is 313 g/mol. The van der Waals surface area contributed by atoms with Gasteiger partial charge in [0.05, 0.1) is 18.5 Å². The maximum Gasteiger partial charge on any atom is 0.410 e. The number of carbonyl (C=O) groups excluding carboxylic acids is 2. The molecule has 0 aromatic rings. The van der Waals surface area contributed by atoms with Gasteiger partial charge in [0.2, 0.25) is 5.91 Å². The molecule has 2 fully saturated rings. The number of amides is 2. The highest BCUT2D eigenvalue weighted by Crippen LogP contribution is 2.33. The van der Waals surface area contributed by atoms with E-state index in [1.165, 1.54) is 4.90 Å². The third-order valence-corrected chi connectivity index (χ3v) is 3.81. The standard InChI is InChI=1S/C14H23N3O5/c1-13(2,3)22-12(21)16-8-14(9-16,6-11(19)20)17-5-4-15-10(18)7-17/h4-9H2,1-3H3,(H,15,18)(H,19,20). The number of carboxylic acids is 1.